The lowest BCUT2D eigenvalue weighted by Gasteiger charge is -2.43. The van der Waals surface area contributed by atoms with Crippen LogP contribution in [0.25, 0.3) is 0 Å². The van der Waals surface area contributed by atoms with Crippen molar-refractivity contribution < 1.29 is 27.8 Å². The van der Waals surface area contributed by atoms with Crippen LogP contribution >= 0.6 is 0 Å². The zero-order valence-corrected chi connectivity index (χ0v) is 18.3. The molecule has 32 heavy (non-hydrogen) atoms. The molecule has 9 heteroatoms. The number of ether oxygens (including phenoxy) is 1. The van der Waals surface area contributed by atoms with Crippen LogP contribution in [0.1, 0.15) is 55.3 Å². The molecule has 1 saturated heterocycles. The maximum atomic E-state index is 13.2. The van der Waals surface area contributed by atoms with E-state index in [2.05, 4.69) is 9.88 Å². The summed E-state index contributed by atoms with van der Waals surface area (Å²) in [6, 6.07) is 1.91. The van der Waals surface area contributed by atoms with Crippen LogP contribution in [-0.4, -0.2) is 70.8 Å². The lowest BCUT2D eigenvalue weighted by molar-refractivity contribution is -0.138. The van der Waals surface area contributed by atoms with Crippen molar-refractivity contribution in [2.45, 2.75) is 69.8 Å². The second kappa shape index (κ2) is 10.1. The number of halogens is 3. The highest BCUT2D eigenvalue weighted by molar-refractivity contribution is 5.79. The predicted octanol–water partition coefficient (Wildman–Crippen LogP) is 3.02. The molecule has 2 aliphatic heterocycles. The highest BCUT2D eigenvalue weighted by atomic mass is 19.4. The van der Waals surface area contributed by atoms with E-state index in [-0.39, 0.29) is 25.0 Å². The first-order valence-electron chi connectivity index (χ1n) is 11.6. The van der Waals surface area contributed by atoms with E-state index in [1.165, 1.54) is 0 Å². The quantitative estimate of drug-likeness (QED) is 0.740. The van der Waals surface area contributed by atoms with Crippen molar-refractivity contribution in [3.05, 3.63) is 29.1 Å². The molecule has 0 radical (unpaired) electrons. The van der Waals surface area contributed by atoms with Crippen LogP contribution in [0.2, 0.25) is 0 Å². The van der Waals surface area contributed by atoms with E-state index < -0.39 is 11.7 Å². The van der Waals surface area contributed by atoms with Crippen LogP contribution in [0.3, 0.4) is 0 Å². The number of alkyl halides is 3. The Balaban J connectivity index is 1.35. The molecule has 178 valence electrons. The highest BCUT2D eigenvalue weighted by Gasteiger charge is 2.36. The maximum absolute atomic E-state index is 13.2. The molecule has 1 aromatic rings. The second-order valence-electron chi connectivity index (χ2n) is 9.15. The first-order chi connectivity index (χ1) is 15.4. The molecule has 2 fully saturated rings. The van der Waals surface area contributed by atoms with Crippen molar-refractivity contribution in [3.63, 3.8) is 0 Å². The van der Waals surface area contributed by atoms with Gasteiger partial charge in [-0.2, -0.15) is 13.2 Å². The van der Waals surface area contributed by atoms with E-state index >= 15 is 0 Å². The number of hydrogen-bond donors (Lipinski definition) is 1. The minimum atomic E-state index is -4.43. The van der Waals surface area contributed by atoms with Crippen LogP contribution in [0.4, 0.5) is 13.2 Å². The molecule has 0 aromatic carbocycles. The summed E-state index contributed by atoms with van der Waals surface area (Å²) in [5.74, 6) is -0.0384. The fourth-order valence-corrected chi connectivity index (χ4v) is 5.48. The van der Waals surface area contributed by atoms with Gasteiger partial charge in [0.2, 0.25) is 5.91 Å². The molecule has 0 bridgehead atoms. The van der Waals surface area contributed by atoms with E-state index in [4.69, 9.17) is 4.74 Å². The van der Waals surface area contributed by atoms with Crippen molar-refractivity contribution >= 4 is 5.91 Å². The topological polar surface area (TPSA) is 65.9 Å². The number of carbonyl (C=O) groups is 1. The lowest BCUT2D eigenvalue weighted by atomic mass is 9.83. The molecular formula is C23H32F3N3O3. The Morgan fingerprint density at radius 2 is 1.84 bits per heavy atom. The summed E-state index contributed by atoms with van der Waals surface area (Å²) in [5.41, 5.74) is 0.395. The third kappa shape index (κ3) is 5.26. The standard InChI is InChI=1S/C23H32F3N3O3/c24-23(25,26)18-13-17-15-28(8-5-21(17)27-14-18)22(31)16-1-3-19(4-2-16)29(9-10-30)20-6-11-32-12-7-20/h13-14,16,19-20,30H,1-12,15H2. The van der Waals surface area contributed by atoms with Gasteiger partial charge in [-0.05, 0) is 50.2 Å². The predicted molar refractivity (Wildman–Crippen MR) is 112 cm³/mol. The summed E-state index contributed by atoms with van der Waals surface area (Å²) in [6.45, 7) is 2.97. The monoisotopic (exact) mass is 455 g/mol. The van der Waals surface area contributed by atoms with Crippen molar-refractivity contribution in [1.82, 2.24) is 14.8 Å². The van der Waals surface area contributed by atoms with Crippen LogP contribution < -0.4 is 0 Å². The van der Waals surface area contributed by atoms with Crippen molar-refractivity contribution in [2.75, 3.05) is 32.9 Å². The van der Waals surface area contributed by atoms with Gasteiger partial charge in [-0.15, -0.1) is 0 Å². The Bertz CT molecular complexity index is 790. The number of aromatic nitrogens is 1. The first-order valence-corrected chi connectivity index (χ1v) is 11.6. The van der Waals surface area contributed by atoms with Gasteiger partial charge in [0.05, 0.1) is 12.2 Å². The molecule has 1 saturated carbocycles. The Morgan fingerprint density at radius 1 is 1.16 bits per heavy atom. The van der Waals surface area contributed by atoms with Gasteiger partial charge in [0, 0.05) is 69.2 Å². The summed E-state index contributed by atoms with van der Waals surface area (Å²) in [7, 11) is 0. The van der Waals surface area contributed by atoms with E-state index in [1.807, 2.05) is 0 Å². The smallest absolute Gasteiger partial charge is 0.395 e. The van der Waals surface area contributed by atoms with Crippen LogP contribution in [0, 0.1) is 5.92 Å². The average Bonchev–Trinajstić information content (AvgIpc) is 2.81. The second-order valence-corrected chi connectivity index (χ2v) is 9.15. The summed E-state index contributed by atoms with van der Waals surface area (Å²) in [5, 5.41) is 9.55. The number of aliphatic hydroxyl groups excluding tert-OH is 1. The van der Waals surface area contributed by atoms with Gasteiger partial charge in [-0.25, -0.2) is 0 Å². The van der Waals surface area contributed by atoms with Gasteiger partial charge in [-0.1, -0.05) is 0 Å². The van der Waals surface area contributed by atoms with Gasteiger partial charge in [0.15, 0.2) is 0 Å². The molecule has 4 rings (SSSR count). The summed E-state index contributed by atoms with van der Waals surface area (Å²) in [4.78, 5) is 21.3. The zero-order chi connectivity index (χ0) is 22.7. The number of fused-ring (bicyclic) bond motifs is 1. The largest absolute Gasteiger partial charge is 0.417 e. The molecule has 0 unspecified atom stereocenters. The third-order valence-corrected chi connectivity index (χ3v) is 7.21. The number of rotatable bonds is 5. The van der Waals surface area contributed by atoms with Crippen LogP contribution in [0.5, 0.6) is 0 Å². The molecule has 0 atom stereocenters. The lowest BCUT2D eigenvalue weighted by Crippen LogP contribution is -2.49. The van der Waals surface area contributed by atoms with Crippen LogP contribution in [-0.2, 0) is 28.7 Å². The van der Waals surface area contributed by atoms with Crippen molar-refractivity contribution in [1.29, 1.82) is 0 Å². The highest BCUT2D eigenvalue weighted by Crippen LogP contribution is 2.34. The van der Waals surface area contributed by atoms with Gasteiger partial charge in [0.25, 0.3) is 0 Å². The number of hydrogen-bond acceptors (Lipinski definition) is 5. The fourth-order valence-electron chi connectivity index (χ4n) is 5.48. The molecule has 1 amide bonds. The number of amides is 1. The molecule has 3 aliphatic rings. The molecule has 1 aliphatic carbocycles. The molecule has 6 nitrogen and oxygen atoms in total. The van der Waals surface area contributed by atoms with Gasteiger partial charge >= 0.3 is 6.18 Å². The maximum Gasteiger partial charge on any atom is 0.417 e. The van der Waals surface area contributed by atoms with E-state index in [9.17, 15) is 23.1 Å². The van der Waals surface area contributed by atoms with Gasteiger partial charge < -0.3 is 14.7 Å². The van der Waals surface area contributed by atoms with E-state index in [0.29, 0.717) is 42.9 Å². The summed E-state index contributed by atoms with van der Waals surface area (Å²) in [6.07, 6.45) is 2.24. The van der Waals surface area contributed by atoms with E-state index in [1.54, 1.807) is 4.90 Å². The van der Waals surface area contributed by atoms with Crippen LogP contribution in [0.15, 0.2) is 12.3 Å². The van der Waals surface area contributed by atoms with Gasteiger partial charge in [-0.3, -0.25) is 14.7 Å². The Labute approximate surface area is 186 Å². The van der Waals surface area contributed by atoms with Crippen molar-refractivity contribution in [2.24, 2.45) is 5.92 Å². The summed E-state index contributed by atoms with van der Waals surface area (Å²) >= 11 is 0. The molecule has 0 spiro atoms. The Morgan fingerprint density at radius 3 is 2.50 bits per heavy atom. The Kier molecular flexibility index (Phi) is 7.37. The van der Waals surface area contributed by atoms with Gasteiger partial charge in [0.1, 0.15) is 0 Å². The SMILES string of the molecule is O=C(C1CCC(N(CCO)C2CCOCC2)CC1)N1CCc2ncc(C(F)(F)F)cc2C1. The van der Waals surface area contributed by atoms with E-state index in [0.717, 1.165) is 64.0 Å². The molecule has 1 N–H and O–H groups in total. The average molecular weight is 456 g/mol. The fraction of sp³-hybridized carbons (Fsp3) is 0.739. The minimum Gasteiger partial charge on any atom is -0.395 e. The molecular weight excluding hydrogens is 423 g/mol. The summed E-state index contributed by atoms with van der Waals surface area (Å²) < 4.78 is 44.6. The number of nitrogens with zero attached hydrogens (tertiary/aromatic N) is 3. The zero-order valence-electron chi connectivity index (χ0n) is 18.3. The first kappa shape index (κ1) is 23.4. The number of carbonyl (C=O) groups excluding carboxylic acids is 1. The number of aliphatic hydroxyl groups is 1. The molecule has 3 heterocycles. The number of pyridine rings is 1. The van der Waals surface area contributed by atoms with Crippen molar-refractivity contribution in [3.8, 4) is 0 Å². The minimum absolute atomic E-state index is 0.0475. The third-order valence-electron chi connectivity index (χ3n) is 7.21. The normalized spacial score (nSPS) is 25.1. The Hall–Kier alpha value is -1.71. The molecule has 1 aromatic heterocycles.